The quantitative estimate of drug-likeness (QED) is 0.831. The number of nitrogens with one attached hydrogen (secondary N) is 2. The number of H-pyrrole nitrogens is 1. The Hall–Kier alpha value is -0.870. The summed E-state index contributed by atoms with van der Waals surface area (Å²) >= 11 is 0. The van der Waals surface area contributed by atoms with Crippen molar-refractivity contribution in [1.82, 2.24) is 20.2 Å². The highest BCUT2D eigenvalue weighted by Crippen LogP contribution is 2.30. The van der Waals surface area contributed by atoms with Crippen molar-refractivity contribution in [3.63, 3.8) is 0 Å². The molecule has 2 heterocycles. The molecule has 1 unspecified atom stereocenters. The fraction of sp³-hybridized carbons (Fsp3) is 0.786. The first-order chi connectivity index (χ1) is 8.72. The molecule has 0 spiro atoms. The zero-order chi connectivity index (χ0) is 12.5. The zero-order valence-corrected chi connectivity index (χ0v) is 11.4. The first-order valence-electron chi connectivity index (χ1n) is 7.21. The lowest BCUT2D eigenvalue weighted by Crippen LogP contribution is -2.47. The molecule has 0 bridgehead atoms. The predicted octanol–water partition coefficient (Wildman–Crippen LogP) is 1.54. The van der Waals surface area contributed by atoms with Crippen LogP contribution in [-0.2, 0) is 13.0 Å². The molecule has 1 aliphatic carbocycles. The molecule has 1 atom stereocenters. The molecule has 1 fully saturated rings. The van der Waals surface area contributed by atoms with E-state index < -0.39 is 0 Å². The highest BCUT2D eigenvalue weighted by Gasteiger charge is 2.28. The standard InChI is InChI=1S/C14H24N4/c1-10(2)18(7-11-3-4-11)8-12-5-13-14(6-15-12)17-9-16-13/h9-12,15H,3-8H2,1-2H3,(H,16,17). The van der Waals surface area contributed by atoms with E-state index in [0.717, 1.165) is 25.4 Å². The largest absolute Gasteiger partial charge is 0.347 e. The van der Waals surface area contributed by atoms with Gasteiger partial charge in [0, 0.05) is 38.1 Å². The van der Waals surface area contributed by atoms with E-state index in [1.54, 1.807) is 0 Å². The summed E-state index contributed by atoms with van der Waals surface area (Å²) in [7, 11) is 0. The highest BCUT2D eigenvalue weighted by molar-refractivity contribution is 5.16. The van der Waals surface area contributed by atoms with Gasteiger partial charge in [-0.15, -0.1) is 0 Å². The number of rotatable bonds is 5. The molecule has 4 nitrogen and oxygen atoms in total. The van der Waals surface area contributed by atoms with Crippen molar-refractivity contribution < 1.29 is 0 Å². The van der Waals surface area contributed by atoms with Crippen LogP contribution in [0.3, 0.4) is 0 Å². The van der Waals surface area contributed by atoms with Crippen molar-refractivity contribution in [2.24, 2.45) is 5.92 Å². The van der Waals surface area contributed by atoms with E-state index in [2.05, 4.69) is 34.0 Å². The SMILES string of the molecule is CC(C)N(CC1CC1)CC1Cc2nc[nH]c2CN1. The average molecular weight is 248 g/mol. The summed E-state index contributed by atoms with van der Waals surface area (Å²) in [5.41, 5.74) is 2.53. The van der Waals surface area contributed by atoms with Gasteiger partial charge >= 0.3 is 0 Å². The summed E-state index contributed by atoms with van der Waals surface area (Å²) in [6, 6.07) is 1.20. The van der Waals surface area contributed by atoms with Gasteiger partial charge < -0.3 is 10.3 Å². The van der Waals surface area contributed by atoms with Crippen molar-refractivity contribution in [2.75, 3.05) is 13.1 Å². The number of hydrogen-bond donors (Lipinski definition) is 2. The molecule has 18 heavy (non-hydrogen) atoms. The molecular formula is C14H24N4. The van der Waals surface area contributed by atoms with E-state index in [1.807, 2.05) is 6.33 Å². The Morgan fingerprint density at radius 3 is 2.94 bits per heavy atom. The second kappa shape index (κ2) is 5.02. The second-order valence-electron chi connectivity index (χ2n) is 6.10. The van der Waals surface area contributed by atoms with Gasteiger partial charge in [-0.3, -0.25) is 4.90 Å². The third-order valence-electron chi connectivity index (χ3n) is 4.19. The maximum Gasteiger partial charge on any atom is 0.0925 e. The fourth-order valence-corrected chi connectivity index (χ4v) is 2.77. The lowest BCUT2D eigenvalue weighted by Gasteiger charge is -2.32. The number of aromatic amines is 1. The van der Waals surface area contributed by atoms with Gasteiger partial charge in [0.15, 0.2) is 0 Å². The van der Waals surface area contributed by atoms with Gasteiger partial charge in [-0.1, -0.05) is 0 Å². The Labute approximate surface area is 109 Å². The fourth-order valence-electron chi connectivity index (χ4n) is 2.77. The van der Waals surface area contributed by atoms with Crippen LogP contribution in [0.15, 0.2) is 6.33 Å². The summed E-state index contributed by atoms with van der Waals surface area (Å²) in [6.45, 7) is 8.00. The van der Waals surface area contributed by atoms with E-state index in [4.69, 9.17) is 0 Å². The number of nitrogens with zero attached hydrogens (tertiary/aromatic N) is 2. The van der Waals surface area contributed by atoms with Crippen LogP contribution in [0.2, 0.25) is 0 Å². The van der Waals surface area contributed by atoms with E-state index in [9.17, 15) is 0 Å². The first kappa shape index (κ1) is 12.2. The van der Waals surface area contributed by atoms with Crippen LogP contribution in [0.1, 0.15) is 38.1 Å². The summed E-state index contributed by atoms with van der Waals surface area (Å²) in [4.78, 5) is 10.3. The molecule has 0 saturated heterocycles. The maximum absolute atomic E-state index is 4.42. The maximum atomic E-state index is 4.42. The van der Waals surface area contributed by atoms with E-state index in [0.29, 0.717) is 12.1 Å². The van der Waals surface area contributed by atoms with Crippen LogP contribution in [0, 0.1) is 5.92 Å². The van der Waals surface area contributed by atoms with Crippen molar-refractivity contribution in [3.05, 3.63) is 17.7 Å². The van der Waals surface area contributed by atoms with Gasteiger partial charge in [0.2, 0.25) is 0 Å². The summed E-state index contributed by atoms with van der Waals surface area (Å²) in [6.07, 6.45) is 5.75. The van der Waals surface area contributed by atoms with Gasteiger partial charge in [-0.25, -0.2) is 4.98 Å². The highest BCUT2D eigenvalue weighted by atomic mass is 15.2. The molecule has 3 rings (SSSR count). The minimum Gasteiger partial charge on any atom is -0.347 e. The smallest absolute Gasteiger partial charge is 0.0925 e. The van der Waals surface area contributed by atoms with Gasteiger partial charge in [0.1, 0.15) is 0 Å². The Kier molecular flexibility index (Phi) is 3.39. The van der Waals surface area contributed by atoms with Crippen molar-refractivity contribution in [1.29, 1.82) is 0 Å². The molecule has 2 N–H and O–H groups in total. The number of imidazole rings is 1. The molecule has 0 radical (unpaired) electrons. The van der Waals surface area contributed by atoms with Gasteiger partial charge in [0.25, 0.3) is 0 Å². The topological polar surface area (TPSA) is 44.0 Å². The van der Waals surface area contributed by atoms with Gasteiger partial charge in [-0.05, 0) is 32.6 Å². The zero-order valence-electron chi connectivity index (χ0n) is 11.4. The van der Waals surface area contributed by atoms with Crippen molar-refractivity contribution in [3.8, 4) is 0 Å². The molecule has 100 valence electrons. The molecular weight excluding hydrogens is 224 g/mol. The second-order valence-corrected chi connectivity index (χ2v) is 6.10. The molecule has 1 aromatic rings. The molecule has 0 aromatic carbocycles. The third-order valence-corrected chi connectivity index (χ3v) is 4.19. The molecule has 0 amide bonds. The summed E-state index contributed by atoms with van der Waals surface area (Å²) in [5.74, 6) is 0.969. The minimum atomic E-state index is 0.557. The summed E-state index contributed by atoms with van der Waals surface area (Å²) in [5, 5.41) is 3.63. The lowest BCUT2D eigenvalue weighted by molar-refractivity contribution is 0.185. The third kappa shape index (κ3) is 2.75. The van der Waals surface area contributed by atoms with E-state index in [1.165, 1.54) is 30.8 Å². The summed E-state index contributed by atoms with van der Waals surface area (Å²) < 4.78 is 0. The molecule has 1 aliphatic heterocycles. The van der Waals surface area contributed by atoms with Crippen LogP contribution in [0.5, 0.6) is 0 Å². The Balaban J connectivity index is 1.58. The molecule has 1 aromatic heterocycles. The molecule has 2 aliphatic rings. The van der Waals surface area contributed by atoms with E-state index in [-0.39, 0.29) is 0 Å². The van der Waals surface area contributed by atoms with Crippen LogP contribution < -0.4 is 5.32 Å². The van der Waals surface area contributed by atoms with Gasteiger partial charge in [0.05, 0.1) is 17.7 Å². The van der Waals surface area contributed by atoms with Crippen molar-refractivity contribution in [2.45, 2.75) is 51.7 Å². The monoisotopic (exact) mass is 248 g/mol. The molecule has 4 heteroatoms. The minimum absolute atomic E-state index is 0.557. The Morgan fingerprint density at radius 2 is 2.22 bits per heavy atom. The first-order valence-corrected chi connectivity index (χ1v) is 7.21. The number of hydrogen-bond acceptors (Lipinski definition) is 3. The normalized spacial score (nSPS) is 23.7. The lowest BCUT2D eigenvalue weighted by atomic mass is 10.0. The van der Waals surface area contributed by atoms with Crippen LogP contribution in [0.4, 0.5) is 0 Å². The van der Waals surface area contributed by atoms with Crippen LogP contribution >= 0.6 is 0 Å². The predicted molar refractivity (Wildman–Crippen MR) is 72.4 cm³/mol. The van der Waals surface area contributed by atoms with Crippen LogP contribution in [-0.4, -0.2) is 40.0 Å². The molecule has 1 saturated carbocycles. The number of aromatic nitrogens is 2. The van der Waals surface area contributed by atoms with Gasteiger partial charge in [-0.2, -0.15) is 0 Å². The number of fused-ring (bicyclic) bond motifs is 1. The average Bonchev–Trinajstić information content (AvgIpc) is 3.04. The van der Waals surface area contributed by atoms with Crippen LogP contribution in [0.25, 0.3) is 0 Å². The Morgan fingerprint density at radius 1 is 1.39 bits per heavy atom. The van der Waals surface area contributed by atoms with E-state index >= 15 is 0 Å². The Bertz CT molecular complexity index is 394. The van der Waals surface area contributed by atoms with Crippen molar-refractivity contribution >= 4 is 0 Å².